The molecule has 220 valence electrons. The van der Waals surface area contributed by atoms with Crippen molar-refractivity contribution >= 4 is 35.0 Å². The largest absolute Gasteiger partial charge is 0.510 e. The molecule has 6 atom stereocenters. The van der Waals surface area contributed by atoms with Crippen molar-refractivity contribution in [2.45, 2.75) is 25.0 Å². The van der Waals surface area contributed by atoms with Gasteiger partial charge in [0.25, 0.3) is 5.91 Å². The number of likely N-dealkylation sites (N-methyl/N-ethyl adjacent to an activating group) is 1. The van der Waals surface area contributed by atoms with Crippen LogP contribution in [-0.4, -0.2) is 75.1 Å². The molecule has 1 saturated carbocycles. The zero-order chi connectivity index (χ0) is 30.8. The molecule has 0 aromatic heterocycles. The Hall–Kier alpha value is -4.75. The number of anilines is 1. The summed E-state index contributed by atoms with van der Waals surface area (Å²) in [4.78, 5) is 53.3. The van der Waals surface area contributed by atoms with Gasteiger partial charge in [-0.1, -0.05) is 13.0 Å². The Kier molecular flexibility index (Phi) is 7.03. The number of nitrogens with two attached hydrogens (primary N) is 1. The summed E-state index contributed by atoms with van der Waals surface area (Å²) in [5.74, 6) is -10.3. The highest BCUT2D eigenvalue weighted by atomic mass is 19.1. The molecule has 42 heavy (non-hydrogen) atoms. The maximum atomic E-state index is 13.9. The number of amides is 2. The van der Waals surface area contributed by atoms with Crippen LogP contribution in [0.1, 0.15) is 24.0 Å². The number of fused-ring (bicyclic) bond motifs is 3. The van der Waals surface area contributed by atoms with Gasteiger partial charge in [0.2, 0.25) is 0 Å². The van der Waals surface area contributed by atoms with Crippen molar-refractivity contribution < 1.29 is 48.7 Å². The van der Waals surface area contributed by atoms with Gasteiger partial charge in [-0.2, -0.15) is 0 Å². The lowest BCUT2D eigenvalue weighted by Crippen LogP contribution is -2.61. The van der Waals surface area contributed by atoms with E-state index in [2.05, 4.69) is 5.32 Å². The van der Waals surface area contributed by atoms with Crippen molar-refractivity contribution in [1.29, 1.82) is 0 Å². The molecule has 0 saturated heterocycles. The monoisotopic (exact) mass is 581 g/mol. The van der Waals surface area contributed by atoms with E-state index in [0.29, 0.717) is 5.56 Å². The standard InChI is InChI=1S/C29H28FN3O9/c1-10-13-8-9-14(32-29(41)42-12-6-4-11(30)5-7-12)22(34)16(13)24(36)18-15(10)23(35)17-19(25(18)37)26(38)20(28(31)40)27(39)21(17)33(2)3/h4-10,15,17,19,21,23,34-36,39H,1-3H3,(H2,31,40)(H,32,41)/t10-,15?,17?,19?,21-,23-/m0/s1. The quantitative estimate of drug-likeness (QED) is 0.177. The van der Waals surface area contributed by atoms with Crippen molar-refractivity contribution in [2.75, 3.05) is 19.4 Å². The number of ketones is 2. The molecule has 13 heteroatoms. The van der Waals surface area contributed by atoms with Gasteiger partial charge >= 0.3 is 6.09 Å². The van der Waals surface area contributed by atoms with Crippen LogP contribution < -0.4 is 15.8 Å². The van der Waals surface area contributed by atoms with E-state index < -0.39 is 88.0 Å². The van der Waals surface area contributed by atoms with Gasteiger partial charge in [-0.05, 0) is 55.9 Å². The lowest BCUT2D eigenvalue weighted by Gasteiger charge is -2.50. The number of hydrogen-bond acceptors (Lipinski definition) is 10. The lowest BCUT2D eigenvalue weighted by molar-refractivity contribution is -0.143. The zero-order valence-corrected chi connectivity index (χ0v) is 22.7. The Bertz CT molecular complexity index is 1600. The minimum absolute atomic E-state index is 0.0210. The fourth-order valence-electron chi connectivity index (χ4n) is 6.45. The number of carbonyl (C=O) groups excluding carboxylic acids is 4. The summed E-state index contributed by atoms with van der Waals surface area (Å²) < 4.78 is 18.2. The average molecular weight is 582 g/mol. The molecule has 2 amide bonds. The summed E-state index contributed by atoms with van der Waals surface area (Å²) in [6, 6.07) is 6.33. The van der Waals surface area contributed by atoms with Crippen LogP contribution in [0.5, 0.6) is 11.5 Å². The first-order valence-corrected chi connectivity index (χ1v) is 13.0. The second-order valence-corrected chi connectivity index (χ2v) is 10.8. The second kappa shape index (κ2) is 10.3. The van der Waals surface area contributed by atoms with Crippen molar-refractivity contribution in [2.24, 2.45) is 23.5 Å². The minimum Gasteiger partial charge on any atom is -0.510 e. The highest BCUT2D eigenvalue weighted by Gasteiger charge is 2.60. The number of aromatic hydroxyl groups is 1. The molecule has 2 aromatic rings. The normalized spacial score (nSPS) is 26.9. The van der Waals surface area contributed by atoms with Gasteiger partial charge in [0.1, 0.15) is 34.4 Å². The number of Topliss-reactive ketones (excluding diaryl/α,β-unsaturated/α-hetero) is 2. The van der Waals surface area contributed by atoms with Crippen LogP contribution in [0.15, 0.2) is 53.3 Å². The first-order chi connectivity index (χ1) is 19.8. The van der Waals surface area contributed by atoms with Crippen LogP contribution in [0.4, 0.5) is 14.9 Å². The Morgan fingerprint density at radius 3 is 2.26 bits per heavy atom. The number of hydrogen-bond donors (Lipinski definition) is 6. The van der Waals surface area contributed by atoms with Crippen LogP contribution in [0.3, 0.4) is 0 Å². The molecule has 0 radical (unpaired) electrons. The fourth-order valence-corrected chi connectivity index (χ4v) is 6.45. The summed E-state index contributed by atoms with van der Waals surface area (Å²) in [6.07, 6.45) is -2.49. The zero-order valence-electron chi connectivity index (χ0n) is 22.7. The maximum absolute atomic E-state index is 13.9. The third kappa shape index (κ3) is 4.28. The number of aliphatic hydroxyl groups is 3. The number of phenolic OH excluding ortho intramolecular Hbond substituents is 1. The highest BCUT2D eigenvalue weighted by Crippen LogP contribution is 2.55. The van der Waals surface area contributed by atoms with Gasteiger partial charge < -0.3 is 30.9 Å². The third-order valence-electron chi connectivity index (χ3n) is 8.25. The van der Waals surface area contributed by atoms with Gasteiger partial charge in [-0.15, -0.1) is 0 Å². The molecule has 1 fully saturated rings. The molecule has 12 nitrogen and oxygen atoms in total. The molecule has 2 aromatic carbocycles. The topological polar surface area (TPSA) is 200 Å². The number of benzene rings is 2. The van der Waals surface area contributed by atoms with E-state index in [-0.39, 0.29) is 22.6 Å². The predicted octanol–water partition coefficient (Wildman–Crippen LogP) is 2.13. The molecule has 0 spiro atoms. The van der Waals surface area contributed by atoms with E-state index in [1.54, 1.807) is 21.0 Å². The van der Waals surface area contributed by atoms with Crippen molar-refractivity contribution in [1.82, 2.24) is 4.90 Å². The van der Waals surface area contributed by atoms with Crippen LogP contribution in [0.2, 0.25) is 0 Å². The number of halogens is 1. The van der Waals surface area contributed by atoms with Crippen molar-refractivity contribution in [3.05, 3.63) is 70.2 Å². The molecule has 7 N–H and O–H groups in total. The molecule has 3 unspecified atom stereocenters. The summed E-state index contributed by atoms with van der Waals surface area (Å²) in [5.41, 5.74) is 4.22. The van der Waals surface area contributed by atoms with E-state index >= 15 is 0 Å². The van der Waals surface area contributed by atoms with Gasteiger partial charge in [-0.25, -0.2) is 9.18 Å². The molecule has 3 aliphatic rings. The number of nitrogens with zero attached hydrogens (tertiary/aromatic N) is 1. The summed E-state index contributed by atoms with van der Waals surface area (Å²) in [6.45, 7) is 1.65. The van der Waals surface area contributed by atoms with Gasteiger partial charge in [0, 0.05) is 17.4 Å². The summed E-state index contributed by atoms with van der Waals surface area (Å²) in [7, 11) is 3.08. The SMILES string of the molecule is C[C@H]1c2ccc(NC(=O)Oc3ccc(F)cc3)c(O)c2C(O)=C2C(=O)C3C(=O)C(C(N)=O)=C(O)[C@@H](N(C)C)C3[C@@H](O)C21. The van der Waals surface area contributed by atoms with Crippen LogP contribution >= 0.6 is 0 Å². The number of phenols is 1. The van der Waals surface area contributed by atoms with E-state index in [4.69, 9.17) is 10.5 Å². The highest BCUT2D eigenvalue weighted by molar-refractivity contribution is 6.28. The Morgan fingerprint density at radius 1 is 1.02 bits per heavy atom. The van der Waals surface area contributed by atoms with E-state index in [1.807, 2.05) is 0 Å². The number of primary amides is 1. The summed E-state index contributed by atoms with van der Waals surface area (Å²) >= 11 is 0. The third-order valence-corrected chi connectivity index (χ3v) is 8.25. The molecule has 5 rings (SSSR count). The first kappa shape index (κ1) is 28.8. The minimum atomic E-state index is -1.65. The Balaban J connectivity index is 1.57. The van der Waals surface area contributed by atoms with Crippen molar-refractivity contribution in [3.8, 4) is 11.5 Å². The first-order valence-electron chi connectivity index (χ1n) is 13.0. The Labute approximate surface area is 238 Å². The molecular formula is C29H28FN3O9. The average Bonchev–Trinajstić information content (AvgIpc) is 2.91. The molecular weight excluding hydrogens is 553 g/mol. The lowest BCUT2D eigenvalue weighted by atomic mass is 9.56. The maximum Gasteiger partial charge on any atom is 0.417 e. The molecule has 0 heterocycles. The summed E-state index contributed by atoms with van der Waals surface area (Å²) in [5, 5.41) is 47.3. The van der Waals surface area contributed by atoms with Gasteiger partial charge in [0.05, 0.1) is 29.3 Å². The molecule has 0 aliphatic heterocycles. The van der Waals surface area contributed by atoms with Crippen LogP contribution in [0, 0.1) is 23.6 Å². The van der Waals surface area contributed by atoms with E-state index in [9.17, 15) is 44.0 Å². The van der Waals surface area contributed by atoms with Gasteiger partial charge in [0.15, 0.2) is 11.6 Å². The van der Waals surface area contributed by atoms with E-state index in [1.165, 1.54) is 29.2 Å². The predicted molar refractivity (Wildman–Crippen MR) is 145 cm³/mol. The van der Waals surface area contributed by atoms with Crippen LogP contribution in [0.25, 0.3) is 5.76 Å². The smallest absolute Gasteiger partial charge is 0.417 e. The van der Waals surface area contributed by atoms with Crippen molar-refractivity contribution in [3.63, 3.8) is 0 Å². The number of carbonyl (C=O) groups is 4. The fraction of sp³-hybridized carbons (Fsp3) is 0.310. The van der Waals surface area contributed by atoms with Gasteiger partial charge in [-0.3, -0.25) is 24.6 Å². The second-order valence-electron chi connectivity index (χ2n) is 10.8. The Morgan fingerprint density at radius 2 is 1.67 bits per heavy atom. The molecule has 0 bridgehead atoms. The number of nitrogens with one attached hydrogen (secondary N) is 1. The van der Waals surface area contributed by atoms with E-state index in [0.717, 1.165) is 12.1 Å². The van der Waals surface area contributed by atoms with Crippen LogP contribution in [-0.2, 0) is 14.4 Å². The number of rotatable bonds is 4. The number of aliphatic hydroxyl groups excluding tert-OH is 3. The molecule has 3 aliphatic carbocycles. The number of ether oxygens (including phenoxy) is 1.